The number of carbonyl (C=O) groups is 1. The van der Waals surface area contributed by atoms with Gasteiger partial charge in [0.1, 0.15) is 0 Å². The largest absolute Gasteiger partial charge is 0.322 e. The molecule has 0 fully saturated rings. The van der Waals surface area contributed by atoms with Crippen LogP contribution in [0.15, 0.2) is 67.6 Å². The van der Waals surface area contributed by atoms with Gasteiger partial charge in [-0.25, -0.2) is 0 Å². The fraction of sp³-hybridized carbons (Fsp3) is 0.240. The first-order valence-electron chi connectivity index (χ1n) is 13.5. The first kappa shape index (κ1) is 36.1. The number of thioether (sulfide) groups is 1. The number of anilines is 1. The van der Waals surface area contributed by atoms with Crippen molar-refractivity contribution in [1.82, 2.24) is 29.2 Å². The maximum Gasteiger partial charge on any atom is 0.294 e. The predicted molar refractivity (Wildman–Crippen MR) is 177 cm³/mol. The molecule has 5 N–H and O–H groups in total. The van der Waals surface area contributed by atoms with Crippen LogP contribution in [0.2, 0.25) is 0 Å². The molecule has 3 heterocycles. The summed E-state index contributed by atoms with van der Waals surface area (Å²) in [5.41, 5.74) is 1.21. The highest BCUT2D eigenvalue weighted by Gasteiger charge is 2.27. The molecule has 49 heavy (non-hydrogen) atoms. The van der Waals surface area contributed by atoms with Crippen molar-refractivity contribution in [2.45, 2.75) is 41.1 Å². The molecule has 5 rings (SSSR count). The molecule has 24 heteroatoms. The third kappa shape index (κ3) is 8.90. The summed E-state index contributed by atoms with van der Waals surface area (Å²) >= 11 is 1.98. The molecule has 1 amide bonds. The molecule has 0 radical (unpaired) electrons. The lowest BCUT2D eigenvalue weighted by Gasteiger charge is -2.15. The normalized spacial score (nSPS) is 13.0. The van der Waals surface area contributed by atoms with Crippen LogP contribution in [0, 0.1) is 0 Å². The second kappa shape index (κ2) is 13.3. The summed E-state index contributed by atoms with van der Waals surface area (Å²) in [6.45, 7) is 5.79. The number of aromatic nitrogens is 6. The maximum absolute atomic E-state index is 12.9. The van der Waals surface area contributed by atoms with Gasteiger partial charge >= 0.3 is 0 Å². The fourth-order valence-electron chi connectivity index (χ4n) is 4.09. The van der Waals surface area contributed by atoms with Crippen LogP contribution in [0.3, 0.4) is 0 Å². The summed E-state index contributed by atoms with van der Waals surface area (Å²) in [7, 11) is -13.9. The lowest BCUT2D eigenvalue weighted by Crippen LogP contribution is -2.14. The van der Waals surface area contributed by atoms with Crippen molar-refractivity contribution in [2.24, 2.45) is 10.2 Å². The number of benzene rings is 2. The van der Waals surface area contributed by atoms with E-state index in [4.69, 9.17) is 4.55 Å². The van der Waals surface area contributed by atoms with Gasteiger partial charge in [-0.3, -0.25) is 18.5 Å². The van der Waals surface area contributed by atoms with E-state index in [2.05, 4.69) is 40.1 Å². The highest BCUT2D eigenvalue weighted by atomic mass is 32.2. The quantitative estimate of drug-likeness (QED) is 0.0720. The molecule has 5 aromatic rings. The first-order valence-corrected chi connectivity index (χ1v) is 19.8. The van der Waals surface area contributed by atoms with E-state index in [0.29, 0.717) is 34.5 Å². The Bertz CT molecular complexity index is 2380. The van der Waals surface area contributed by atoms with Crippen molar-refractivity contribution in [3.8, 4) is 11.4 Å². The molecular formula is C25H25N9O10S5. The molecule has 0 atom stereocenters. The Morgan fingerprint density at radius 3 is 2.16 bits per heavy atom. The van der Waals surface area contributed by atoms with Crippen LogP contribution in [0.1, 0.15) is 36.8 Å². The summed E-state index contributed by atoms with van der Waals surface area (Å²) in [6, 6.07) is 8.21. The van der Waals surface area contributed by atoms with E-state index < -0.39 is 62.8 Å². The van der Waals surface area contributed by atoms with E-state index in [9.17, 15) is 39.2 Å². The van der Waals surface area contributed by atoms with Gasteiger partial charge in [-0.2, -0.15) is 39.7 Å². The number of carbonyl (C=O) groups excluding carboxylic acids is 1. The highest BCUT2D eigenvalue weighted by Crippen LogP contribution is 2.36. The van der Waals surface area contributed by atoms with Crippen LogP contribution in [0.4, 0.5) is 16.5 Å². The molecule has 0 unspecified atom stereocenters. The molecule has 2 aromatic carbocycles. The molecular weight excluding hydrogens is 747 g/mol. The number of H-pyrrole nitrogens is 1. The Morgan fingerprint density at radius 2 is 1.59 bits per heavy atom. The number of nitrogens with one attached hydrogen (secondary N) is 2. The second-order valence-electron chi connectivity index (χ2n) is 11.1. The van der Waals surface area contributed by atoms with Crippen LogP contribution < -0.4 is 5.32 Å². The molecule has 0 aliphatic carbocycles. The standard InChI is InChI=1S/C25H25N9O10S5/c1-25(2,3)19-18(29-30-23-28-24(33-46-23)45-8-9-47(36,37)38)21-27-20(32-34(21)31-19)13-4-6-15(7-5-13)26-22(35)14-10-16(48(39,40)41)12-17(11-14)49(42,43)44/h4-7,10-12H,8-9H2,1-3H3,(H,26,35)(H,27,32)(H,36,37,38)(H,39,40,41)(H,42,43,44). The molecule has 19 nitrogen and oxygen atoms in total. The fourth-order valence-corrected chi connectivity index (χ4v) is 7.56. The molecule has 0 saturated heterocycles. The molecule has 3 aromatic heterocycles. The lowest BCUT2D eigenvalue weighted by molar-refractivity contribution is 0.102. The summed E-state index contributed by atoms with van der Waals surface area (Å²) in [6.07, 6.45) is 0. The van der Waals surface area contributed by atoms with Gasteiger partial charge in [-0.1, -0.05) is 32.5 Å². The minimum atomic E-state index is -4.91. The SMILES string of the molecule is CC(C)(C)c1nn2nc(-c3ccc(NC(=O)c4cc(S(=O)(=O)O)cc(S(=O)(=O)O)c4)cc3)[nH]c2c1N=Nc1nc(SCCS(=O)(=O)O)ns1. The first-order chi connectivity index (χ1) is 22.7. The summed E-state index contributed by atoms with van der Waals surface area (Å²) in [5, 5.41) is 20.6. The second-order valence-corrected chi connectivity index (χ2v) is 17.3. The predicted octanol–water partition coefficient (Wildman–Crippen LogP) is 4.01. The van der Waals surface area contributed by atoms with Gasteiger partial charge in [0.25, 0.3) is 36.3 Å². The topological polar surface area (TPSA) is 289 Å². The smallest absolute Gasteiger partial charge is 0.294 e. The van der Waals surface area contributed by atoms with Gasteiger partial charge in [-0.15, -0.1) is 20.0 Å². The molecule has 0 saturated carbocycles. The molecule has 260 valence electrons. The zero-order valence-electron chi connectivity index (χ0n) is 25.3. The van der Waals surface area contributed by atoms with Crippen molar-refractivity contribution < 1.29 is 43.7 Å². The number of aromatic amines is 1. The van der Waals surface area contributed by atoms with Gasteiger partial charge in [0.15, 0.2) is 17.2 Å². The van der Waals surface area contributed by atoms with E-state index in [-0.39, 0.29) is 21.7 Å². The van der Waals surface area contributed by atoms with Crippen LogP contribution in [-0.2, 0) is 35.8 Å². The van der Waals surface area contributed by atoms with Crippen LogP contribution in [0.25, 0.3) is 17.0 Å². The van der Waals surface area contributed by atoms with Crippen molar-refractivity contribution in [3.63, 3.8) is 0 Å². The molecule has 0 spiro atoms. The number of nitrogens with zero attached hydrogens (tertiary/aromatic N) is 7. The summed E-state index contributed by atoms with van der Waals surface area (Å²) < 4.78 is 101. The zero-order valence-corrected chi connectivity index (χ0v) is 29.4. The minimum absolute atomic E-state index is 0.0530. The number of amides is 1. The molecule has 0 bridgehead atoms. The number of hydrogen-bond donors (Lipinski definition) is 5. The van der Waals surface area contributed by atoms with Gasteiger partial charge in [-0.05, 0) is 42.5 Å². The van der Waals surface area contributed by atoms with Crippen LogP contribution in [-0.4, -0.2) is 85.5 Å². The Labute approximate surface area is 286 Å². The Kier molecular flexibility index (Phi) is 9.78. The monoisotopic (exact) mass is 771 g/mol. The van der Waals surface area contributed by atoms with Gasteiger partial charge in [0.05, 0.1) is 21.2 Å². The van der Waals surface area contributed by atoms with E-state index in [1.165, 1.54) is 16.8 Å². The third-order valence-electron chi connectivity index (χ3n) is 6.34. The summed E-state index contributed by atoms with van der Waals surface area (Å²) in [5.74, 6) is -0.962. The van der Waals surface area contributed by atoms with Crippen LogP contribution in [0.5, 0.6) is 0 Å². The molecule has 0 aliphatic rings. The van der Waals surface area contributed by atoms with Gasteiger partial charge in [0.2, 0.25) is 10.3 Å². The minimum Gasteiger partial charge on any atom is -0.322 e. The zero-order chi connectivity index (χ0) is 35.9. The van der Waals surface area contributed by atoms with Crippen molar-refractivity contribution in [2.75, 3.05) is 16.8 Å². The van der Waals surface area contributed by atoms with E-state index in [0.717, 1.165) is 35.4 Å². The number of rotatable bonds is 11. The van der Waals surface area contributed by atoms with Gasteiger partial charge < -0.3 is 10.3 Å². The van der Waals surface area contributed by atoms with Gasteiger partial charge in [0, 0.05) is 39.5 Å². The Morgan fingerprint density at radius 1 is 0.959 bits per heavy atom. The average molecular weight is 772 g/mol. The molecule has 0 aliphatic heterocycles. The lowest BCUT2D eigenvalue weighted by atomic mass is 9.91. The number of fused-ring (bicyclic) bond motifs is 1. The third-order valence-corrected chi connectivity index (χ3v) is 10.6. The van der Waals surface area contributed by atoms with Crippen molar-refractivity contribution in [1.29, 1.82) is 0 Å². The summed E-state index contributed by atoms with van der Waals surface area (Å²) in [4.78, 5) is 18.4. The van der Waals surface area contributed by atoms with E-state index in [1.807, 2.05) is 20.8 Å². The maximum atomic E-state index is 12.9. The van der Waals surface area contributed by atoms with E-state index in [1.54, 1.807) is 12.1 Å². The average Bonchev–Trinajstić information content (AvgIpc) is 3.70. The van der Waals surface area contributed by atoms with Crippen LogP contribution >= 0.6 is 23.3 Å². The highest BCUT2D eigenvalue weighted by molar-refractivity contribution is 8.00. The van der Waals surface area contributed by atoms with E-state index >= 15 is 0 Å². The number of azo groups is 1. The van der Waals surface area contributed by atoms with Crippen molar-refractivity contribution in [3.05, 3.63) is 53.7 Å². The Hall–Kier alpha value is -4.17. The van der Waals surface area contributed by atoms with Crippen molar-refractivity contribution >= 4 is 81.7 Å². The Balaban J connectivity index is 1.37. The number of hydrogen-bond acceptors (Lipinski definition) is 15.